The predicted octanol–water partition coefficient (Wildman–Crippen LogP) is 4.80. The second-order valence-electron chi connectivity index (χ2n) is 8.45. The second kappa shape index (κ2) is 8.82. The Kier molecular flexibility index (Phi) is 6.07. The summed E-state index contributed by atoms with van der Waals surface area (Å²) in [6, 6.07) is 10.2. The van der Waals surface area contributed by atoms with Crippen molar-refractivity contribution in [3.8, 4) is 0 Å². The third-order valence-electron chi connectivity index (χ3n) is 5.44. The largest absolute Gasteiger partial charge is 0.475 e. The van der Waals surface area contributed by atoms with Crippen LogP contribution in [0.5, 0.6) is 0 Å². The number of hydrogen-bond donors (Lipinski definition) is 1. The summed E-state index contributed by atoms with van der Waals surface area (Å²) in [7, 11) is 0. The minimum Gasteiger partial charge on any atom is -0.475 e. The highest BCUT2D eigenvalue weighted by Gasteiger charge is 2.41. The summed E-state index contributed by atoms with van der Waals surface area (Å²) in [4.78, 5) is 30.0. The fourth-order valence-corrected chi connectivity index (χ4v) is 4.77. The summed E-state index contributed by atoms with van der Waals surface area (Å²) in [5.41, 5.74) is 2.53. The number of allylic oxidation sites excluding steroid dienone is 1. The molecule has 0 amide bonds. The molecule has 0 saturated heterocycles. The molecule has 2 aliphatic heterocycles. The molecule has 2 aromatic rings. The topological polar surface area (TPSA) is 103 Å². The number of thiophene rings is 1. The van der Waals surface area contributed by atoms with Crippen LogP contribution in [-0.4, -0.2) is 35.5 Å². The van der Waals surface area contributed by atoms with Crippen LogP contribution in [0.25, 0.3) is 5.70 Å². The highest BCUT2D eigenvalue weighted by Crippen LogP contribution is 2.44. The van der Waals surface area contributed by atoms with Crippen molar-refractivity contribution in [1.29, 1.82) is 0 Å². The number of non-ortho nitro benzene ring substituents is 1. The van der Waals surface area contributed by atoms with E-state index in [4.69, 9.17) is 14.5 Å². The molecule has 1 aromatic carbocycles. The van der Waals surface area contributed by atoms with E-state index >= 15 is 0 Å². The van der Waals surface area contributed by atoms with Gasteiger partial charge in [0.1, 0.15) is 6.61 Å². The molecule has 172 valence electrons. The highest BCUT2D eigenvalue weighted by molar-refractivity contribution is 7.11. The molecule has 0 fully saturated rings. The Morgan fingerprint density at radius 2 is 2.15 bits per heavy atom. The Morgan fingerprint density at radius 1 is 1.36 bits per heavy atom. The van der Waals surface area contributed by atoms with Gasteiger partial charge in [0.25, 0.3) is 5.69 Å². The monoisotopic (exact) mass is 467 g/mol. The lowest BCUT2D eigenvalue weighted by Crippen LogP contribution is -2.32. The molecule has 2 aliphatic rings. The van der Waals surface area contributed by atoms with Crippen LogP contribution in [-0.2, 0) is 14.3 Å². The molecular weight excluding hydrogens is 442 g/mol. The number of nitrogens with one attached hydrogen (secondary N) is 1. The van der Waals surface area contributed by atoms with Gasteiger partial charge in [-0.05, 0) is 44.7 Å². The summed E-state index contributed by atoms with van der Waals surface area (Å²) in [6.07, 6.45) is 0. The average Bonchev–Trinajstić information content (AvgIpc) is 3.42. The third-order valence-corrected chi connectivity index (χ3v) is 6.32. The minimum atomic E-state index is -0.657. The third kappa shape index (κ3) is 4.41. The Hall–Kier alpha value is -3.46. The van der Waals surface area contributed by atoms with Crippen LogP contribution in [0.2, 0.25) is 0 Å². The normalized spacial score (nSPS) is 19.6. The molecular formula is C24H25N3O5S. The zero-order chi connectivity index (χ0) is 23.8. The van der Waals surface area contributed by atoms with Crippen molar-refractivity contribution in [2.75, 3.05) is 13.2 Å². The molecule has 0 spiro atoms. The number of esters is 1. The van der Waals surface area contributed by atoms with Crippen molar-refractivity contribution in [2.24, 2.45) is 4.99 Å². The van der Waals surface area contributed by atoms with E-state index in [1.54, 1.807) is 30.4 Å². The minimum absolute atomic E-state index is 0.0569. The SMILES string of the molecule is CCOC(=O)C1=C(C)NC(c2cccs2)=C(C2=NC(C)(C)CO2)C1c1cccc([N+](=O)[O-])c1. The first kappa shape index (κ1) is 22.7. The first-order valence-electron chi connectivity index (χ1n) is 10.6. The van der Waals surface area contributed by atoms with E-state index in [2.05, 4.69) is 5.32 Å². The zero-order valence-electron chi connectivity index (χ0n) is 18.9. The molecule has 33 heavy (non-hydrogen) atoms. The summed E-state index contributed by atoms with van der Waals surface area (Å²) >= 11 is 1.54. The van der Waals surface area contributed by atoms with Gasteiger partial charge in [0.15, 0.2) is 0 Å². The Balaban J connectivity index is 2.00. The molecule has 0 radical (unpaired) electrons. The van der Waals surface area contributed by atoms with Gasteiger partial charge in [0.2, 0.25) is 5.90 Å². The van der Waals surface area contributed by atoms with Crippen molar-refractivity contribution >= 4 is 34.6 Å². The van der Waals surface area contributed by atoms with E-state index in [9.17, 15) is 14.9 Å². The van der Waals surface area contributed by atoms with E-state index < -0.39 is 22.3 Å². The molecule has 1 aromatic heterocycles. The van der Waals surface area contributed by atoms with Crippen LogP contribution in [0.15, 0.2) is 63.6 Å². The Morgan fingerprint density at radius 3 is 2.76 bits per heavy atom. The van der Waals surface area contributed by atoms with Gasteiger partial charge in [-0.1, -0.05) is 18.2 Å². The number of dihydropyridines is 1. The van der Waals surface area contributed by atoms with E-state index in [1.807, 2.05) is 38.3 Å². The van der Waals surface area contributed by atoms with Crippen LogP contribution in [0.3, 0.4) is 0 Å². The fraction of sp³-hybridized carbons (Fsp3) is 0.333. The predicted molar refractivity (Wildman–Crippen MR) is 127 cm³/mol. The Bertz CT molecular complexity index is 1190. The van der Waals surface area contributed by atoms with Crippen molar-refractivity contribution in [3.05, 3.63) is 79.2 Å². The lowest BCUT2D eigenvalue weighted by Gasteiger charge is -2.31. The molecule has 1 unspecified atom stereocenters. The van der Waals surface area contributed by atoms with E-state index in [0.717, 1.165) is 10.6 Å². The number of benzene rings is 1. The van der Waals surface area contributed by atoms with Crippen molar-refractivity contribution in [2.45, 2.75) is 39.2 Å². The van der Waals surface area contributed by atoms with Crippen LogP contribution >= 0.6 is 11.3 Å². The maximum atomic E-state index is 13.1. The van der Waals surface area contributed by atoms with Gasteiger partial charge in [-0.3, -0.25) is 10.1 Å². The van der Waals surface area contributed by atoms with Crippen molar-refractivity contribution in [3.63, 3.8) is 0 Å². The summed E-state index contributed by atoms with van der Waals surface area (Å²) < 4.78 is 11.4. The molecule has 0 bridgehead atoms. The fourth-order valence-electron chi connectivity index (χ4n) is 4.03. The maximum absolute atomic E-state index is 13.1. The number of carbonyl (C=O) groups is 1. The molecule has 3 heterocycles. The highest BCUT2D eigenvalue weighted by atomic mass is 32.1. The van der Waals surface area contributed by atoms with Crippen LogP contribution in [0.1, 0.15) is 44.1 Å². The van der Waals surface area contributed by atoms with Gasteiger partial charge < -0.3 is 14.8 Å². The van der Waals surface area contributed by atoms with Crippen molar-refractivity contribution in [1.82, 2.24) is 5.32 Å². The lowest BCUT2D eigenvalue weighted by molar-refractivity contribution is -0.384. The number of nitro groups is 1. The van der Waals surface area contributed by atoms with Gasteiger partial charge >= 0.3 is 5.97 Å². The molecule has 9 heteroatoms. The number of aliphatic imine (C=N–C) groups is 1. The average molecular weight is 468 g/mol. The van der Waals surface area contributed by atoms with Crippen LogP contribution in [0.4, 0.5) is 5.69 Å². The van der Waals surface area contributed by atoms with Gasteiger partial charge in [-0.25, -0.2) is 9.79 Å². The number of nitro benzene ring substituents is 1. The standard InChI is InChI=1S/C24H25N3O5S/c1-5-31-23(28)18-14(2)25-21(17-10-7-11-33-17)20(22-26-24(3,4)13-32-22)19(18)15-8-6-9-16(12-15)27(29)30/h6-12,19,25H,5,13H2,1-4H3. The Labute approximate surface area is 195 Å². The number of ether oxygens (including phenoxy) is 2. The number of rotatable bonds is 6. The van der Waals surface area contributed by atoms with E-state index in [0.29, 0.717) is 34.9 Å². The van der Waals surface area contributed by atoms with Gasteiger partial charge in [-0.2, -0.15) is 0 Å². The molecule has 1 N–H and O–H groups in total. The molecule has 4 rings (SSSR count). The summed E-state index contributed by atoms with van der Waals surface area (Å²) in [6.45, 7) is 8.09. The van der Waals surface area contributed by atoms with Gasteiger partial charge in [-0.15, -0.1) is 11.3 Å². The lowest BCUT2D eigenvalue weighted by atomic mass is 9.79. The van der Waals surface area contributed by atoms with Gasteiger partial charge in [0, 0.05) is 17.8 Å². The van der Waals surface area contributed by atoms with Crippen LogP contribution in [0, 0.1) is 10.1 Å². The summed E-state index contributed by atoms with van der Waals surface area (Å²) in [5.74, 6) is -0.726. The quantitative estimate of drug-likeness (QED) is 0.372. The smallest absolute Gasteiger partial charge is 0.336 e. The molecule has 0 aliphatic carbocycles. The summed E-state index contributed by atoms with van der Waals surface area (Å²) in [5, 5.41) is 16.9. The number of nitrogens with zero attached hydrogens (tertiary/aromatic N) is 2. The maximum Gasteiger partial charge on any atom is 0.336 e. The number of hydrogen-bond acceptors (Lipinski definition) is 8. The molecule has 8 nitrogen and oxygen atoms in total. The second-order valence-corrected chi connectivity index (χ2v) is 9.40. The van der Waals surface area contributed by atoms with E-state index in [-0.39, 0.29) is 12.3 Å². The van der Waals surface area contributed by atoms with Crippen molar-refractivity contribution < 1.29 is 19.2 Å². The first-order valence-corrected chi connectivity index (χ1v) is 11.5. The van der Waals surface area contributed by atoms with Gasteiger partial charge in [0.05, 0.1) is 44.7 Å². The first-order chi connectivity index (χ1) is 15.7. The zero-order valence-corrected chi connectivity index (χ0v) is 19.7. The number of carbonyl (C=O) groups excluding carboxylic acids is 1. The van der Waals surface area contributed by atoms with Crippen LogP contribution < -0.4 is 5.32 Å². The molecule has 0 saturated carbocycles. The molecule has 1 atom stereocenters. The van der Waals surface area contributed by atoms with E-state index in [1.165, 1.54) is 12.1 Å².